The number of halogens is 1. The molecular weight excluding hydrogens is 318 g/mol. The lowest BCUT2D eigenvalue weighted by Gasteiger charge is -2.05. The van der Waals surface area contributed by atoms with Crippen LogP contribution in [0.3, 0.4) is 0 Å². The van der Waals surface area contributed by atoms with Crippen molar-refractivity contribution in [1.82, 2.24) is 15.0 Å². The number of rotatable bonds is 3. The molecule has 0 radical (unpaired) electrons. The van der Waals surface area contributed by atoms with E-state index in [0.29, 0.717) is 11.8 Å². The van der Waals surface area contributed by atoms with Gasteiger partial charge in [0, 0.05) is 51.1 Å². The molecule has 4 heteroatoms. The van der Waals surface area contributed by atoms with E-state index in [2.05, 4.69) is 40.9 Å². The van der Waals surface area contributed by atoms with E-state index in [-0.39, 0.29) is 0 Å². The number of hydrogen-bond donors (Lipinski definition) is 1. The zero-order valence-corrected chi connectivity index (χ0v) is 15.5. The summed E-state index contributed by atoms with van der Waals surface area (Å²) in [6.45, 7) is 8.36. The smallest absolute Gasteiger partial charge is 0.131 e. The summed E-state index contributed by atoms with van der Waals surface area (Å²) in [7, 11) is 0. The lowest BCUT2D eigenvalue weighted by atomic mass is 10.1. The van der Waals surface area contributed by atoms with Gasteiger partial charge in [0.05, 0.1) is 0 Å². The molecule has 3 nitrogen and oxygen atoms in total. The molecule has 2 heterocycles. The highest BCUT2D eigenvalue weighted by Gasteiger charge is 2.26. The highest BCUT2D eigenvalue weighted by Crippen LogP contribution is 2.38. The number of hydrogen-bond acceptors (Lipinski definition) is 2. The quantitative estimate of drug-likeness (QED) is 0.606. The average molecular weight is 342 g/mol. The molecule has 1 fully saturated rings. The second kappa shape index (κ2) is 6.94. The van der Waals surface area contributed by atoms with Crippen molar-refractivity contribution in [2.45, 2.75) is 52.4 Å². The first-order chi connectivity index (χ1) is 11.6. The molecular formula is C20H24ClN3. The maximum atomic E-state index is 6.47. The number of aromatic nitrogens is 3. The van der Waals surface area contributed by atoms with Crippen molar-refractivity contribution in [2.75, 3.05) is 0 Å². The minimum atomic E-state index is 0.468. The van der Waals surface area contributed by atoms with E-state index in [1.54, 1.807) is 0 Å². The van der Waals surface area contributed by atoms with Crippen LogP contribution in [0.15, 0.2) is 30.6 Å². The van der Waals surface area contributed by atoms with Gasteiger partial charge >= 0.3 is 0 Å². The second-order valence-corrected chi connectivity index (χ2v) is 6.81. The first kappa shape index (κ1) is 17.0. The lowest BCUT2D eigenvalue weighted by Crippen LogP contribution is -1.92. The van der Waals surface area contributed by atoms with Gasteiger partial charge in [0.1, 0.15) is 5.82 Å². The summed E-state index contributed by atoms with van der Waals surface area (Å²) in [4.78, 5) is 12.5. The molecule has 0 atom stereocenters. The summed E-state index contributed by atoms with van der Waals surface area (Å²) in [6, 6.07) is 6.28. The summed E-state index contributed by atoms with van der Waals surface area (Å²) in [5.74, 6) is 2.00. The Kier molecular flexibility index (Phi) is 4.91. The van der Waals surface area contributed by atoms with Crippen molar-refractivity contribution >= 4 is 22.5 Å². The molecule has 1 saturated carbocycles. The van der Waals surface area contributed by atoms with Crippen molar-refractivity contribution < 1.29 is 0 Å². The highest BCUT2D eigenvalue weighted by molar-refractivity contribution is 6.34. The summed E-state index contributed by atoms with van der Waals surface area (Å²) >= 11 is 6.47. The maximum Gasteiger partial charge on any atom is 0.131 e. The van der Waals surface area contributed by atoms with Crippen molar-refractivity contribution in [3.8, 4) is 11.1 Å². The lowest BCUT2D eigenvalue weighted by molar-refractivity contribution is 0.836. The zero-order valence-electron chi connectivity index (χ0n) is 14.7. The van der Waals surface area contributed by atoms with Gasteiger partial charge in [-0.3, -0.25) is 0 Å². The van der Waals surface area contributed by atoms with Gasteiger partial charge in [0.2, 0.25) is 0 Å². The monoisotopic (exact) mass is 341 g/mol. The number of nitrogens with one attached hydrogen (secondary N) is 1. The van der Waals surface area contributed by atoms with Crippen LogP contribution in [0, 0.1) is 0 Å². The fourth-order valence-electron chi connectivity index (χ4n) is 2.74. The zero-order chi connectivity index (χ0) is 17.3. The second-order valence-electron chi connectivity index (χ2n) is 6.40. The number of benzene rings is 1. The van der Waals surface area contributed by atoms with E-state index in [4.69, 9.17) is 11.6 Å². The van der Waals surface area contributed by atoms with Crippen molar-refractivity contribution in [3.63, 3.8) is 0 Å². The number of H-pyrrole nitrogens is 1. The third kappa shape index (κ3) is 3.32. The summed E-state index contributed by atoms with van der Waals surface area (Å²) in [6.07, 6.45) is 6.21. The van der Waals surface area contributed by atoms with Crippen LogP contribution in [0.5, 0.6) is 0 Å². The van der Waals surface area contributed by atoms with Gasteiger partial charge in [-0.1, -0.05) is 39.3 Å². The van der Waals surface area contributed by atoms with Crippen LogP contribution in [0.25, 0.3) is 22.0 Å². The molecule has 126 valence electrons. The number of nitrogens with zero attached hydrogens (tertiary/aromatic N) is 2. The summed E-state index contributed by atoms with van der Waals surface area (Å²) < 4.78 is 0. The maximum absolute atomic E-state index is 6.47. The van der Waals surface area contributed by atoms with Crippen molar-refractivity contribution in [1.29, 1.82) is 0 Å². The van der Waals surface area contributed by atoms with E-state index in [1.807, 2.05) is 32.3 Å². The standard InChI is InChI=1S/C18H18ClN3.C2H6/c1-10(2)16-6-12-5-15(19)14(7-17(12)22-16)13-8-20-18(21-9-13)11-3-4-11;1-2/h5-11,22H,3-4H2,1-2H3;1-2H3. The molecule has 0 amide bonds. The molecule has 24 heavy (non-hydrogen) atoms. The molecule has 1 aliphatic carbocycles. The topological polar surface area (TPSA) is 41.6 Å². The minimum Gasteiger partial charge on any atom is -0.358 e. The molecule has 0 unspecified atom stereocenters. The first-order valence-corrected chi connectivity index (χ1v) is 9.14. The molecule has 3 aromatic rings. The van der Waals surface area contributed by atoms with Gasteiger partial charge in [-0.15, -0.1) is 0 Å². The molecule has 2 aromatic heterocycles. The van der Waals surface area contributed by atoms with Gasteiger partial charge in [0.15, 0.2) is 0 Å². The van der Waals surface area contributed by atoms with Gasteiger partial charge < -0.3 is 4.98 Å². The first-order valence-electron chi connectivity index (χ1n) is 8.76. The van der Waals surface area contributed by atoms with Crippen LogP contribution in [-0.2, 0) is 0 Å². The Morgan fingerprint density at radius 2 is 1.75 bits per heavy atom. The van der Waals surface area contributed by atoms with Gasteiger partial charge in [-0.25, -0.2) is 9.97 Å². The molecule has 4 rings (SSSR count). The summed E-state index contributed by atoms with van der Waals surface area (Å²) in [5, 5.41) is 1.89. The fraction of sp³-hybridized carbons (Fsp3) is 0.400. The van der Waals surface area contributed by atoms with Crippen LogP contribution in [-0.4, -0.2) is 15.0 Å². The van der Waals surface area contributed by atoms with Crippen LogP contribution < -0.4 is 0 Å². The summed E-state index contributed by atoms with van der Waals surface area (Å²) in [5.41, 5.74) is 4.28. The average Bonchev–Trinajstić information content (AvgIpc) is 3.36. The van der Waals surface area contributed by atoms with Crippen LogP contribution in [0.1, 0.15) is 63.9 Å². The predicted octanol–water partition coefficient (Wildman–Crippen LogP) is 6.31. The van der Waals surface area contributed by atoms with E-state index >= 15 is 0 Å². The Morgan fingerprint density at radius 3 is 2.33 bits per heavy atom. The van der Waals surface area contributed by atoms with Gasteiger partial charge in [-0.2, -0.15) is 0 Å². The Balaban J connectivity index is 0.000000815. The third-order valence-electron chi connectivity index (χ3n) is 4.28. The van der Waals surface area contributed by atoms with Crippen LogP contribution >= 0.6 is 11.6 Å². The van der Waals surface area contributed by atoms with Crippen LogP contribution in [0.2, 0.25) is 5.02 Å². The molecule has 0 spiro atoms. The van der Waals surface area contributed by atoms with E-state index in [1.165, 1.54) is 18.5 Å². The molecule has 1 N–H and O–H groups in total. The van der Waals surface area contributed by atoms with Gasteiger partial charge in [0.25, 0.3) is 0 Å². The highest BCUT2D eigenvalue weighted by atomic mass is 35.5. The predicted molar refractivity (Wildman–Crippen MR) is 102 cm³/mol. The van der Waals surface area contributed by atoms with Gasteiger partial charge in [-0.05, 0) is 37.0 Å². The largest absolute Gasteiger partial charge is 0.358 e. The number of fused-ring (bicyclic) bond motifs is 1. The SMILES string of the molecule is CC.CC(C)c1cc2cc(Cl)c(-c3cnc(C4CC4)nc3)cc2[nH]1. The van der Waals surface area contributed by atoms with E-state index in [0.717, 1.165) is 32.9 Å². The molecule has 0 saturated heterocycles. The Bertz CT molecular complexity index is 830. The minimum absolute atomic E-state index is 0.468. The van der Waals surface area contributed by atoms with Crippen molar-refractivity contribution in [2.24, 2.45) is 0 Å². The molecule has 0 aliphatic heterocycles. The normalized spacial score (nSPS) is 13.9. The van der Waals surface area contributed by atoms with E-state index < -0.39 is 0 Å². The Morgan fingerprint density at radius 1 is 1.08 bits per heavy atom. The molecule has 0 bridgehead atoms. The Hall–Kier alpha value is -1.87. The fourth-order valence-corrected chi connectivity index (χ4v) is 3.02. The molecule has 1 aliphatic rings. The third-order valence-corrected chi connectivity index (χ3v) is 4.59. The molecule has 1 aromatic carbocycles. The number of aromatic amines is 1. The van der Waals surface area contributed by atoms with E-state index in [9.17, 15) is 0 Å². The Labute approximate surface area is 148 Å². The van der Waals surface area contributed by atoms with Crippen LogP contribution in [0.4, 0.5) is 0 Å². The van der Waals surface area contributed by atoms with Crippen molar-refractivity contribution in [3.05, 3.63) is 47.1 Å².